The second-order valence-electron chi connectivity index (χ2n) is 5.44. The number of hydrogen-bond donors (Lipinski definition) is 2. The van der Waals surface area contributed by atoms with Crippen LogP contribution in [0.15, 0.2) is 30.5 Å². The van der Waals surface area contributed by atoms with Gasteiger partial charge in [0.15, 0.2) is 5.13 Å². The van der Waals surface area contributed by atoms with Gasteiger partial charge in [-0.2, -0.15) is 0 Å². The van der Waals surface area contributed by atoms with Gasteiger partial charge in [0.25, 0.3) is 0 Å². The number of halogens is 1. The van der Waals surface area contributed by atoms with Crippen LogP contribution in [0, 0.1) is 5.92 Å². The normalized spacial score (nSPS) is 10.5. The van der Waals surface area contributed by atoms with Crippen LogP contribution in [-0.2, 0) is 9.59 Å². The van der Waals surface area contributed by atoms with Crippen molar-refractivity contribution in [3.8, 4) is 5.75 Å². The minimum absolute atomic E-state index is 0.324. The molecule has 0 atom stereocenters. The third kappa shape index (κ3) is 5.82. The van der Waals surface area contributed by atoms with E-state index in [-0.39, 0.29) is 6.42 Å². The van der Waals surface area contributed by atoms with E-state index in [2.05, 4.69) is 15.6 Å². The Bertz CT molecular complexity index is 718. The molecular formula is C16H18ClN3O3S. The number of nitrogens with zero attached hydrogens (tertiary/aromatic N) is 1. The first-order chi connectivity index (χ1) is 11.4. The van der Waals surface area contributed by atoms with Crippen molar-refractivity contribution in [3.05, 3.63) is 34.8 Å². The smallest absolute Gasteiger partial charge is 0.235 e. The van der Waals surface area contributed by atoms with E-state index in [9.17, 15) is 9.59 Å². The second kappa shape index (κ2) is 8.65. The highest BCUT2D eigenvalue weighted by atomic mass is 35.5. The molecule has 0 aliphatic rings. The number of carbonyl (C=O) groups excluding carboxylic acids is 2. The number of nitrogens with one attached hydrogen (secondary N) is 2. The van der Waals surface area contributed by atoms with E-state index < -0.39 is 11.8 Å². The number of anilines is 2. The molecule has 0 saturated heterocycles. The summed E-state index contributed by atoms with van der Waals surface area (Å²) in [4.78, 5) is 27.8. The van der Waals surface area contributed by atoms with Gasteiger partial charge in [-0.3, -0.25) is 9.59 Å². The number of benzene rings is 1. The monoisotopic (exact) mass is 367 g/mol. The lowest BCUT2D eigenvalue weighted by atomic mass is 10.2. The van der Waals surface area contributed by atoms with Gasteiger partial charge >= 0.3 is 0 Å². The van der Waals surface area contributed by atoms with Gasteiger partial charge in [0, 0.05) is 0 Å². The van der Waals surface area contributed by atoms with Crippen LogP contribution in [0.1, 0.15) is 20.3 Å². The Morgan fingerprint density at radius 2 is 1.96 bits per heavy atom. The summed E-state index contributed by atoms with van der Waals surface area (Å²) < 4.78 is 6.13. The summed E-state index contributed by atoms with van der Waals surface area (Å²) >= 11 is 6.87. The molecule has 128 valence electrons. The molecule has 8 heteroatoms. The standard InChI is InChI=1S/C16H18ClN3O3S/c1-10(2)9-23-12-6-4-3-5-11(12)19-14(21)7-15(22)20-16-18-8-13(17)24-16/h3-6,8,10H,7,9H2,1-2H3,(H,19,21)(H,18,20,22). The summed E-state index contributed by atoms with van der Waals surface area (Å²) in [6.07, 6.45) is 1.11. The highest BCUT2D eigenvalue weighted by Crippen LogP contribution is 2.25. The van der Waals surface area contributed by atoms with Crippen LogP contribution in [0.25, 0.3) is 0 Å². The maximum absolute atomic E-state index is 12.0. The number of para-hydroxylation sites is 2. The van der Waals surface area contributed by atoms with Gasteiger partial charge in [0.05, 0.1) is 18.5 Å². The molecule has 1 aromatic heterocycles. The van der Waals surface area contributed by atoms with Crippen LogP contribution in [0.4, 0.5) is 10.8 Å². The molecular weight excluding hydrogens is 350 g/mol. The van der Waals surface area contributed by atoms with Crippen LogP contribution in [0.2, 0.25) is 4.34 Å². The molecule has 24 heavy (non-hydrogen) atoms. The van der Waals surface area contributed by atoms with Gasteiger partial charge in [-0.1, -0.05) is 48.9 Å². The Kier molecular flexibility index (Phi) is 6.57. The van der Waals surface area contributed by atoms with Crippen molar-refractivity contribution in [2.24, 2.45) is 5.92 Å². The van der Waals surface area contributed by atoms with Crippen molar-refractivity contribution in [1.82, 2.24) is 4.98 Å². The van der Waals surface area contributed by atoms with Gasteiger partial charge < -0.3 is 15.4 Å². The van der Waals surface area contributed by atoms with Crippen molar-refractivity contribution in [2.45, 2.75) is 20.3 Å². The minimum Gasteiger partial charge on any atom is -0.491 e. The number of hydrogen-bond acceptors (Lipinski definition) is 5. The summed E-state index contributed by atoms with van der Waals surface area (Å²) in [6.45, 7) is 4.62. The third-order valence-corrected chi connectivity index (χ3v) is 3.81. The lowest BCUT2D eigenvalue weighted by Crippen LogP contribution is -2.21. The Balaban J connectivity index is 1.91. The van der Waals surface area contributed by atoms with Crippen LogP contribution < -0.4 is 15.4 Å². The predicted molar refractivity (Wildman–Crippen MR) is 95.8 cm³/mol. The molecule has 1 heterocycles. The molecule has 0 aliphatic carbocycles. The molecule has 2 amide bonds. The van der Waals surface area contributed by atoms with E-state index in [4.69, 9.17) is 16.3 Å². The fourth-order valence-electron chi connectivity index (χ4n) is 1.77. The minimum atomic E-state index is -0.459. The molecule has 2 aromatic rings. The van der Waals surface area contributed by atoms with E-state index in [1.807, 2.05) is 19.9 Å². The summed E-state index contributed by atoms with van der Waals surface area (Å²) in [5, 5.41) is 5.57. The molecule has 2 rings (SSSR count). The van der Waals surface area contributed by atoms with E-state index in [1.54, 1.807) is 18.2 Å². The molecule has 0 bridgehead atoms. The largest absolute Gasteiger partial charge is 0.491 e. The van der Waals surface area contributed by atoms with Gasteiger partial charge in [-0.25, -0.2) is 4.98 Å². The summed E-state index contributed by atoms with van der Waals surface area (Å²) in [5.41, 5.74) is 0.535. The number of rotatable bonds is 7. The fourth-order valence-corrected chi connectivity index (χ4v) is 2.60. The Labute approximate surface area is 149 Å². The van der Waals surface area contributed by atoms with Gasteiger partial charge in [0.2, 0.25) is 11.8 Å². The predicted octanol–water partition coefficient (Wildman–Crippen LogP) is 3.80. The maximum Gasteiger partial charge on any atom is 0.235 e. The third-order valence-electron chi connectivity index (χ3n) is 2.78. The number of amides is 2. The van der Waals surface area contributed by atoms with Crippen molar-refractivity contribution in [3.63, 3.8) is 0 Å². The average molecular weight is 368 g/mol. The van der Waals surface area contributed by atoms with Crippen molar-refractivity contribution >= 4 is 45.6 Å². The number of aromatic nitrogens is 1. The van der Waals surface area contributed by atoms with Crippen LogP contribution in [0.3, 0.4) is 0 Å². The molecule has 1 aromatic carbocycles. The van der Waals surface area contributed by atoms with Gasteiger partial charge in [-0.05, 0) is 18.1 Å². The fraction of sp³-hybridized carbons (Fsp3) is 0.312. The number of carbonyl (C=O) groups is 2. The molecule has 0 unspecified atom stereocenters. The summed E-state index contributed by atoms with van der Waals surface area (Å²) in [7, 11) is 0. The Hall–Kier alpha value is -2.12. The van der Waals surface area contributed by atoms with Crippen molar-refractivity contribution in [2.75, 3.05) is 17.2 Å². The Morgan fingerprint density at radius 1 is 1.25 bits per heavy atom. The van der Waals surface area contributed by atoms with E-state index in [1.165, 1.54) is 6.20 Å². The van der Waals surface area contributed by atoms with Gasteiger partial charge in [-0.15, -0.1) is 0 Å². The molecule has 0 spiro atoms. The highest BCUT2D eigenvalue weighted by molar-refractivity contribution is 7.19. The Morgan fingerprint density at radius 3 is 2.62 bits per heavy atom. The summed E-state index contributed by atoms with van der Waals surface area (Å²) in [5.74, 6) is 0.0474. The second-order valence-corrected chi connectivity index (χ2v) is 7.11. The zero-order valence-corrected chi connectivity index (χ0v) is 14.9. The van der Waals surface area contributed by atoms with Crippen molar-refractivity contribution < 1.29 is 14.3 Å². The summed E-state index contributed by atoms with van der Waals surface area (Å²) in [6, 6.07) is 7.11. The first-order valence-corrected chi connectivity index (χ1v) is 8.56. The molecule has 0 fully saturated rings. The number of thiazole rings is 1. The van der Waals surface area contributed by atoms with Crippen LogP contribution in [-0.4, -0.2) is 23.4 Å². The first-order valence-electron chi connectivity index (χ1n) is 7.37. The van der Waals surface area contributed by atoms with Gasteiger partial charge in [0.1, 0.15) is 16.5 Å². The topological polar surface area (TPSA) is 80.3 Å². The lowest BCUT2D eigenvalue weighted by Gasteiger charge is -2.13. The highest BCUT2D eigenvalue weighted by Gasteiger charge is 2.13. The average Bonchev–Trinajstić information content (AvgIpc) is 2.91. The molecule has 2 N–H and O–H groups in total. The first kappa shape index (κ1) is 18.2. The maximum atomic E-state index is 12.0. The van der Waals surface area contributed by atoms with E-state index in [0.29, 0.717) is 33.4 Å². The zero-order chi connectivity index (χ0) is 17.5. The van der Waals surface area contributed by atoms with Crippen LogP contribution in [0.5, 0.6) is 5.75 Å². The number of ether oxygens (including phenoxy) is 1. The molecule has 0 radical (unpaired) electrons. The quantitative estimate of drug-likeness (QED) is 0.729. The molecule has 0 aliphatic heterocycles. The van der Waals surface area contributed by atoms with Crippen molar-refractivity contribution in [1.29, 1.82) is 0 Å². The SMILES string of the molecule is CC(C)COc1ccccc1NC(=O)CC(=O)Nc1ncc(Cl)s1. The molecule has 6 nitrogen and oxygen atoms in total. The molecule has 0 saturated carbocycles. The van der Waals surface area contributed by atoms with Crippen LogP contribution >= 0.6 is 22.9 Å². The van der Waals surface area contributed by atoms with E-state index >= 15 is 0 Å². The zero-order valence-electron chi connectivity index (χ0n) is 13.3. The lowest BCUT2D eigenvalue weighted by molar-refractivity contribution is -0.123. The van der Waals surface area contributed by atoms with E-state index in [0.717, 1.165) is 11.3 Å².